The molecule has 0 spiro atoms. The molecule has 1 N–H and O–H groups in total. The first-order valence-corrected chi connectivity index (χ1v) is 7.56. The van der Waals surface area contributed by atoms with Crippen LogP contribution in [0.25, 0.3) is 0 Å². The van der Waals surface area contributed by atoms with Crippen molar-refractivity contribution < 1.29 is 19.5 Å². The van der Waals surface area contributed by atoms with Gasteiger partial charge in [0, 0.05) is 19.1 Å². The molecule has 0 saturated carbocycles. The van der Waals surface area contributed by atoms with Gasteiger partial charge in [0.1, 0.15) is 12.1 Å². The molecule has 23 heavy (non-hydrogen) atoms. The molecule has 0 bridgehead atoms. The van der Waals surface area contributed by atoms with Gasteiger partial charge in [-0.05, 0) is 19.8 Å². The van der Waals surface area contributed by atoms with Gasteiger partial charge in [-0.25, -0.2) is 24.6 Å². The van der Waals surface area contributed by atoms with Crippen LogP contribution in [0, 0.1) is 6.92 Å². The first kappa shape index (κ1) is 15.5. The molecule has 3 rings (SSSR count). The quantitative estimate of drug-likeness (QED) is 0.812. The van der Waals surface area contributed by atoms with Crippen LogP contribution in [0.15, 0.2) is 6.20 Å². The molecule has 1 fully saturated rings. The Morgan fingerprint density at radius 2 is 2.17 bits per heavy atom. The minimum Gasteiger partial charge on any atom is -0.464 e. The summed E-state index contributed by atoms with van der Waals surface area (Å²) in [4.78, 5) is 40.3. The molecular weight excluding hydrogens is 302 g/mol. The standard InChI is InChI=1S/C14H19N5O4/c1-10-15-8-12-9-17(13(21)19(10)12)11-2-4-16(5-3-11)18(6-7-20)14(22)23/h7-8,11H,2-6,9H2,1H3,(H,22,23). The second-order valence-electron chi connectivity index (χ2n) is 5.76. The number of carbonyl (C=O) groups is 3. The van der Waals surface area contributed by atoms with Crippen molar-refractivity contribution in [3.63, 3.8) is 0 Å². The fourth-order valence-electron chi connectivity index (χ4n) is 3.31. The van der Waals surface area contributed by atoms with Crippen LogP contribution in [0.4, 0.5) is 9.59 Å². The molecule has 1 aromatic rings. The third-order valence-corrected chi connectivity index (χ3v) is 4.47. The molecule has 3 heterocycles. The van der Waals surface area contributed by atoms with Crippen LogP contribution in [-0.2, 0) is 11.3 Å². The van der Waals surface area contributed by atoms with E-state index in [4.69, 9.17) is 5.11 Å². The molecule has 9 heteroatoms. The van der Waals surface area contributed by atoms with Crippen molar-refractivity contribution in [3.05, 3.63) is 17.7 Å². The molecule has 2 aliphatic heterocycles. The Morgan fingerprint density at radius 1 is 1.48 bits per heavy atom. The molecule has 0 aliphatic carbocycles. The molecule has 0 unspecified atom stereocenters. The molecule has 0 atom stereocenters. The van der Waals surface area contributed by atoms with Crippen molar-refractivity contribution in [1.29, 1.82) is 0 Å². The van der Waals surface area contributed by atoms with Gasteiger partial charge < -0.3 is 14.8 Å². The zero-order valence-electron chi connectivity index (χ0n) is 12.9. The lowest BCUT2D eigenvalue weighted by atomic mass is 10.0. The maximum Gasteiger partial charge on any atom is 0.422 e. The van der Waals surface area contributed by atoms with Crippen molar-refractivity contribution in [2.24, 2.45) is 0 Å². The predicted octanol–water partition coefficient (Wildman–Crippen LogP) is 0.534. The minimum atomic E-state index is -1.13. The van der Waals surface area contributed by atoms with Crippen molar-refractivity contribution >= 4 is 18.4 Å². The Labute approximate surface area is 133 Å². The van der Waals surface area contributed by atoms with Gasteiger partial charge in [0.05, 0.1) is 25.0 Å². The summed E-state index contributed by atoms with van der Waals surface area (Å²) in [5.74, 6) is 0.688. The largest absolute Gasteiger partial charge is 0.464 e. The number of aryl methyl sites for hydroxylation is 1. The predicted molar refractivity (Wildman–Crippen MR) is 78.7 cm³/mol. The summed E-state index contributed by atoms with van der Waals surface area (Å²) in [5, 5.41) is 11.8. The van der Waals surface area contributed by atoms with Gasteiger partial charge in [0.25, 0.3) is 0 Å². The van der Waals surface area contributed by atoms with Gasteiger partial charge in [-0.2, -0.15) is 0 Å². The van der Waals surface area contributed by atoms with E-state index in [1.54, 1.807) is 22.7 Å². The summed E-state index contributed by atoms with van der Waals surface area (Å²) < 4.78 is 1.63. The van der Waals surface area contributed by atoms with Crippen LogP contribution in [0.5, 0.6) is 0 Å². The fourth-order valence-corrected chi connectivity index (χ4v) is 3.31. The smallest absolute Gasteiger partial charge is 0.422 e. The summed E-state index contributed by atoms with van der Waals surface area (Å²) in [6, 6.07) is 0.0151. The number of hydrogen-bond acceptors (Lipinski definition) is 5. The molecule has 0 aromatic carbocycles. The number of fused-ring (bicyclic) bond motifs is 1. The van der Waals surface area contributed by atoms with Crippen molar-refractivity contribution in [2.45, 2.75) is 32.4 Å². The molecule has 124 valence electrons. The molecule has 0 radical (unpaired) electrons. The second-order valence-corrected chi connectivity index (χ2v) is 5.76. The van der Waals surface area contributed by atoms with Crippen LogP contribution < -0.4 is 0 Å². The van der Waals surface area contributed by atoms with E-state index >= 15 is 0 Å². The number of hydrazine groups is 1. The first-order valence-electron chi connectivity index (χ1n) is 7.56. The highest BCUT2D eigenvalue weighted by Gasteiger charge is 2.36. The summed E-state index contributed by atoms with van der Waals surface area (Å²) in [6.45, 7) is 3.18. The van der Waals surface area contributed by atoms with Gasteiger partial charge >= 0.3 is 12.1 Å². The minimum absolute atomic E-state index is 0.0589. The van der Waals surface area contributed by atoms with Gasteiger partial charge in [-0.15, -0.1) is 0 Å². The lowest BCUT2D eigenvalue weighted by Crippen LogP contribution is -2.53. The molecule has 2 amide bonds. The first-order chi connectivity index (χ1) is 11.0. The fraction of sp³-hybridized carbons (Fsp3) is 0.571. The third-order valence-electron chi connectivity index (χ3n) is 4.47. The number of nitrogens with zero attached hydrogens (tertiary/aromatic N) is 5. The zero-order valence-corrected chi connectivity index (χ0v) is 12.9. The molecule has 2 aliphatic rings. The van der Waals surface area contributed by atoms with E-state index in [0.717, 1.165) is 10.7 Å². The topological polar surface area (TPSA) is 99.0 Å². The number of amides is 2. The Morgan fingerprint density at radius 3 is 2.74 bits per heavy atom. The Kier molecular flexibility index (Phi) is 4.03. The number of rotatable bonds is 4. The van der Waals surface area contributed by atoms with Gasteiger partial charge in [0.2, 0.25) is 0 Å². The van der Waals surface area contributed by atoms with Crippen LogP contribution in [-0.4, -0.2) is 73.7 Å². The van der Waals surface area contributed by atoms with Gasteiger partial charge in [-0.1, -0.05) is 0 Å². The van der Waals surface area contributed by atoms with Crippen LogP contribution in [0.2, 0.25) is 0 Å². The monoisotopic (exact) mass is 321 g/mol. The highest BCUT2D eigenvalue weighted by Crippen LogP contribution is 2.26. The molecule has 1 aromatic heterocycles. The zero-order chi connectivity index (χ0) is 16.6. The lowest BCUT2D eigenvalue weighted by Gasteiger charge is -2.39. The van der Waals surface area contributed by atoms with Crippen molar-refractivity contribution in [2.75, 3.05) is 19.6 Å². The number of aldehydes is 1. The lowest BCUT2D eigenvalue weighted by molar-refractivity contribution is -0.113. The average Bonchev–Trinajstić information content (AvgIpc) is 3.06. The number of imidazole rings is 1. The van der Waals surface area contributed by atoms with Gasteiger partial charge in [0.15, 0.2) is 0 Å². The highest BCUT2D eigenvalue weighted by atomic mass is 16.4. The van der Waals surface area contributed by atoms with E-state index in [0.29, 0.717) is 44.6 Å². The number of hydrogen-bond donors (Lipinski definition) is 1. The third kappa shape index (κ3) is 2.67. The number of piperidine rings is 1. The summed E-state index contributed by atoms with van der Waals surface area (Å²) in [7, 11) is 0. The summed E-state index contributed by atoms with van der Waals surface area (Å²) >= 11 is 0. The van der Waals surface area contributed by atoms with E-state index < -0.39 is 6.09 Å². The van der Waals surface area contributed by atoms with E-state index in [9.17, 15) is 14.4 Å². The Hall–Kier alpha value is -2.42. The Bertz CT molecular complexity index is 635. The second kappa shape index (κ2) is 5.99. The molecular formula is C14H19N5O4. The summed E-state index contributed by atoms with van der Waals surface area (Å²) in [5.41, 5.74) is 0.892. The molecule has 9 nitrogen and oxygen atoms in total. The average molecular weight is 321 g/mol. The van der Waals surface area contributed by atoms with Crippen molar-refractivity contribution in [3.8, 4) is 0 Å². The van der Waals surface area contributed by atoms with E-state index in [1.165, 1.54) is 0 Å². The maximum atomic E-state index is 12.5. The highest BCUT2D eigenvalue weighted by molar-refractivity contribution is 5.81. The van der Waals surface area contributed by atoms with Crippen molar-refractivity contribution in [1.82, 2.24) is 24.5 Å². The van der Waals surface area contributed by atoms with Crippen LogP contribution in [0.3, 0.4) is 0 Å². The SMILES string of the molecule is Cc1ncc2n1C(=O)N(C1CCN(N(CC=O)C(=O)O)CC1)C2. The summed E-state index contributed by atoms with van der Waals surface area (Å²) in [6.07, 6.45) is 2.51. The number of aromatic nitrogens is 2. The van der Waals surface area contributed by atoms with Crippen LogP contribution in [0.1, 0.15) is 24.4 Å². The van der Waals surface area contributed by atoms with Gasteiger partial charge in [-0.3, -0.25) is 4.57 Å². The van der Waals surface area contributed by atoms with E-state index in [1.807, 2.05) is 4.90 Å². The molecule has 1 saturated heterocycles. The van der Waals surface area contributed by atoms with E-state index in [-0.39, 0.29) is 18.6 Å². The van der Waals surface area contributed by atoms with Crippen LogP contribution >= 0.6 is 0 Å². The number of carbonyl (C=O) groups excluding carboxylic acids is 2. The maximum absolute atomic E-state index is 12.5. The number of carboxylic acid groups (broad SMARTS) is 1. The Balaban J connectivity index is 1.63. The van der Waals surface area contributed by atoms with E-state index in [2.05, 4.69) is 4.98 Å². The normalized spacial score (nSPS) is 19.0.